The highest BCUT2D eigenvalue weighted by atomic mass is 16.2. The van der Waals surface area contributed by atoms with Crippen molar-refractivity contribution in [3.05, 3.63) is 47.3 Å². The summed E-state index contributed by atoms with van der Waals surface area (Å²) < 4.78 is 1.75. The Morgan fingerprint density at radius 1 is 1.33 bits per heavy atom. The molecule has 2 N–H and O–H groups in total. The van der Waals surface area contributed by atoms with Crippen molar-refractivity contribution in [3.8, 4) is 0 Å². The summed E-state index contributed by atoms with van der Waals surface area (Å²) in [7, 11) is 1.77. The number of carbonyl (C=O) groups excluding carboxylic acids is 1. The highest BCUT2D eigenvalue weighted by Gasteiger charge is 2.20. The van der Waals surface area contributed by atoms with Crippen LogP contribution in [0.5, 0.6) is 0 Å². The number of nitrogens with zero attached hydrogens (tertiary/aromatic N) is 3. The summed E-state index contributed by atoms with van der Waals surface area (Å²) >= 11 is 0. The number of benzene rings is 1. The number of aromatic nitrogens is 2. The van der Waals surface area contributed by atoms with Gasteiger partial charge in [-0.15, -0.1) is 0 Å². The van der Waals surface area contributed by atoms with Gasteiger partial charge in [-0.05, 0) is 31.0 Å². The molecule has 5 heteroatoms. The predicted octanol–water partition coefficient (Wildman–Crippen LogP) is 2.20. The van der Waals surface area contributed by atoms with E-state index < -0.39 is 0 Å². The quantitative estimate of drug-likeness (QED) is 0.916. The zero-order valence-corrected chi connectivity index (χ0v) is 12.8. The molecule has 1 heterocycles. The Balaban J connectivity index is 2.37. The first-order valence-electron chi connectivity index (χ1n) is 7.25. The van der Waals surface area contributed by atoms with Crippen LogP contribution in [-0.4, -0.2) is 22.7 Å². The normalized spacial score (nSPS) is 10.7. The molecule has 112 valence electrons. The Bertz CT molecular complexity index is 633. The number of anilines is 1. The van der Waals surface area contributed by atoms with E-state index in [2.05, 4.69) is 5.10 Å². The van der Waals surface area contributed by atoms with Crippen LogP contribution >= 0.6 is 0 Å². The van der Waals surface area contributed by atoms with E-state index in [1.165, 1.54) is 0 Å². The first kappa shape index (κ1) is 15.3. The molecule has 0 fully saturated rings. The van der Waals surface area contributed by atoms with Gasteiger partial charge in [-0.3, -0.25) is 9.48 Å². The zero-order chi connectivity index (χ0) is 15.4. The Hall–Kier alpha value is -2.14. The molecule has 0 unspecified atom stereocenters. The molecule has 0 aliphatic rings. The predicted molar refractivity (Wildman–Crippen MR) is 84.3 cm³/mol. The fourth-order valence-corrected chi connectivity index (χ4v) is 2.35. The third-order valence-electron chi connectivity index (χ3n) is 3.59. The summed E-state index contributed by atoms with van der Waals surface area (Å²) in [5, 5.41) is 4.43. The van der Waals surface area contributed by atoms with Crippen molar-refractivity contribution >= 4 is 11.6 Å². The smallest absolute Gasteiger partial charge is 0.276 e. The van der Waals surface area contributed by atoms with Gasteiger partial charge in [0.15, 0.2) is 0 Å². The third-order valence-corrected chi connectivity index (χ3v) is 3.59. The number of aryl methyl sites for hydroxylation is 2. The Morgan fingerprint density at radius 2 is 2.05 bits per heavy atom. The fraction of sp³-hybridized carbons (Fsp3) is 0.375. The molecular formula is C16H22N4O. The van der Waals surface area contributed by atoms with Crippen LogP contribution in [0.1, 0.15) is 35.6 Å². The lowest BCUT2D eigenvalue weighted by Gasteiger charge is -2.20. The first-order chi connectivity index (χ1) is 10.1. The highest BCUT2D eigenvalue weighted by Crippen LogP contribution is 2.21. The maximum Gasteiger partial charge on any atom is 0.276 e. The Kier molecular flexibility index (Phi) is 4.75. The molecule has 0 radical (unpaired) electrons. The average molecular weight is 286 g/mol. The van der Waals surface area contributed by atoms with Gasteiger partial charge < -0.3 is 10.6 Å². The van der Waals surface area contributed by atoms with Gasteiger partial charge in [-0.1, -0.05) is 25.1 Å². The van der Waals surface area contributed by atoms with Crippen LogP contribution in [0.2, 0.25) is 0 Å². The number of amides is 1. The number of hydrogen-bond donors (Lipinski definition) is 1. The molecule has 1 aromatic carbocycles. The molecule has 1 amide bonds. The Morgan fingerprint density at radius 3 is 2.67 bits per heavy atom. The lowest BCUT2D eigenvalue weighted by atomic mass is 10.1. The standard InChI is InChI=1S/C16H22N4O/c1-4-13-10-15(20(5-2)18-13)16(21)19(3)14-9-7-6-8-12(14)11-17/h6-10H,4-5,11,17H2,1-3H3. The van der Waals surface area contributed by atoms with Crippen molar-refractivity contribution < 1.29 is 4.79 Å². The number of rotatable bonds is 5. The van der Waals surface area contributed by atoms with Gasteiger partial charge in [0.25, 0.3) is 5.91 Å². The van der Waals surface area contributed by atoms with Gasteiger partial charge >= 0.3 is 0 Å². The van der Waals surface area contributed by atoms with Crippen molar-refractivity contribution in [1.29, 1.82) is 0 Å². The van der Waals surface area contributed by atoms with Gasteiger partial charge in [0, 0.05) is 25.8 Å². The average Bonchev–Trinajstić information content (AvgIpc) is 2.96. The molecule has 2 aromatic rings. The maximum absolute atomic E-state index is 12.7. The van der Waals surface area contributed by atoms with Crippen molar-refractivity contribution in [1.82, 2.24) is 9.78 Å². The van der Waals surface area contributed by atoms with Gasteiger partial charge in [0.05, 0.1) is 5.69 Å². The molecule has 0 atom stereocenters. The molecule has 0 bridgehead atoms. The summed E-state index contributed by atoms with van der Waals surface area (Å²) in [5.41, 5.74) is 9.09. The number of para-hydroxylation sites is 1. The van der Waals surface area contributed by atoms with E-state index in [0.29, 0.717) is 18.8 Å². The number of hydrogen-bond acceptors (Lipinski definition) is 3. The second kappa shape index (κ2) is 6.54. The van der Waals surface area contributed by atoms with Gasteiger partial charge in [0.2, 0.25) is 0 Å². The molecule has 5 nitrogen and oxygen atoms in total. The van der Waals surface area contributed by atoms with Crippen LogP contribution in [0.3, 0.4) is 0 Å². The van der Waals surface area contributed by atoms with Crippen molar-refractivity contribution in [2.24, 2.45) is 5.73 Å². The maximum atomic E-state index is 12.7. The van der Waals surface area contributed by atoms with Crippen LogP contribution in [0, 0.1) is 0 Å². The molecule has 0 spiro atoms. The molecule has 0 aliphatic carbocycles. The summed E-state index contributed by atoms with van der Waals surface area (Å²) in [6, 6.07) is 9.55. The van der Waals surface area contributed by atoms with E-state index in [9.17, 15) is 4.79 Å². The molecule has 0 aliphatic heterocycles. The Labute approximate surface area is 125 Å². The van der Waals surface area contributed by atoms with E-state index in [0.717, 1.165) is 23.4 Å². The second-order valence-electron chi connectivity index (χ2n) is 4.89. The summed E-state index contributed by atoms with van der Waals surface area (Å²) in [6.45, 7) is 5.09. The molecular weight excluding hydrogens is 264 g/mol. The van der Waals surface area contributed by atoms with Gasteiger partial charge in [-0.2, -0.15) is 5.10 Å². The molecule has 0 saturated carbocycles. The largest absolute Gasteiger partial charge is 0.326 e. The SMILES string of the molecule is CCc1cc(C(=O)N(C)c2ccccc2CN)n(CC)n1. The van der Waals surface area contributed by atoms with E-state index in [1.807, 2.05) is 44.2 Å². The first-order valence-corrected chi connectivity index (χ1v) is 7.25. The van der Waals surface area contributed by atoms with Crippen LogP contribution in [0.4, 0.5) is 5.69 Å². The van der Waals surface area contributed by atoms with Gasteiger partial charge in [-0.25, -0.2) is 0 Å². The van der Waals surface area contributed by atoms with Crippen molar-refractivity contribution in [2.75, 3.05) is 11.9 Å². The van der Waals surface area contributed by atoms with E-state index >= 15 is 0 Å². The monoisotopic (exact) mass is 286 g/mol. The summed E-state index contributed by atoms with van der Waals surface area (Å²) in [6.07, 6.45) is 0.816. The molecule has 1 aromatic heterocycles. The third kappa shape index (κ3) is 2.97. The van der Waals surface area contributed by atoms with Crippen molar-refractivity contribution in [3.63, 3.8) is 0 Å². The zero-order valence-electron chi connectivity index (χ0n) is 12.8. The minimum absolute atomic E-state index is 0.0649. The molecule has 0 saturated heterocycles. The highest BCUT2D eigenvalue weighted by molar-refractivity contribution is 6.05. The molecule has 2 rings (SSSR count). The lowest BCUT2D eigenvalue weighted by molar-refractivity contribution is 0.0982. The second-order valence-corrected chi connectivity index (χ2v) is 4.89. The summed E-state index contributed by atoms with van der Waals surface area (Å²) in [4.78, 5) is 14.4. The number of carbonyl (C=O) groups is 1. The van der Waals surface area contributed by atoms with Gasteiger partial charge in [0.1, 0.15) is 5.69 Å². The topological polar surface area (TPSA) is 64.2 Å². The molecule has 21 heavy (non-hydrogen) atoms. The van der Waals surface area contributed by atoms with Crippen molar-refractivity contribution in [2.45, 2.75) is 33.4 Å². The van der Waals surface area contributed by atoms with Crippen LogP contribution < -0.4 is 10.6 Å². The van der Waals surface area contributed by atoms with Crippen LogP contribution in [0.15, 0.2) is 30.3 Å². The lowest BCUT2D eigenvalue weighted by Crippen LogP contribution is -2.29. The van der Waals surface area contributed by atoms with Crippen LogP contribution in [-0.2, 0) is 19.5 Å². The minimum atomic E-state index is -0.0649. The fourth-order valence-electron chi connectivity index (χ4n) is 2.35. The van der Waals surface area contributed by atoms with E-state index in [4.69, 9.17) is 5.73 Å². The van der Waals surface area contributed by atoms with E-state index in [1.54, 1.807) is 16.6 Å². The minimum Gasteiger partial charge on any atom is -0.326 e. The van der Waals surface area contributed by atoms with Crippen LogP contribution in [0.25, 0.3) is 0 Å². The summed E-state index contributed by atoms with van der Waals surface area (Å²) in [5.74, 6) is -0.0649. The number of nitrogens with two attached hydrogens (primary N) is 1. The van der Waals surface area contributed by atoms with E-state index in [-0.39, 0.29) is 5.91 Å².